The quantitative estimate of drug-likeness (QED) is 0.899. The first-order valence-electron chi connectivity index (χ1n) is 6.12. The predicted molar refractivity (Wildman–Crippen MR) is 79.6 cm³/mol. The molecule has 3 N–H and O–H groups in total. The fourth-order valence-electron chi connectivity index (χ4n) is 2.16. The number of hydrogen-bond donors (Lipinski definition) is 2. The fourth-order valence-corrected chi connectivity index (χ4v) is 2.57. The maximum atomic E-state index is 13.9. The molecule has 0 saturated heterocycles. The summed E-state index contributed by atoms with van der Waals surface area (Å²) in [6.45, 7) is 0.0882. The van der Waals surface area contributed by atoms with Gasteiger partial charge in [-0.15, -0.1) is 0 Å². The van der Waals surface area contributed by atoms with Crippen LogP contribution in [0.4, 0.5) is 4.39 Å². The number of aliphatic hydroxyl groups excluding tert-OH is 1. The third-order valence-electron chi connectivity index (χ3n) is 3.22. The molecule has 0 aromatic heterocycles. The van der Waals surface area contributed by atoms with Crippen LogP contribution in [0.3, 0.4) is 0 Å². The summed E-state index contributed by atoms with van der Waals surface area (Å²) in [5.74, 6) is -0.993. The standard InChI is InChI=1S/C15H14Cl2FNO/c16-9-5-6-13(17)11(7-9)15(20)12(8-19)10-3-1-2-4-14(10)18/h1-7,12,15,20H,8,19H2. The highest BCUT2D eigenvalue weighted by Gasteiger charge is 2.25. The average molecular weight is 314 g/mol. The Morgan fingerprint density at radius 2 is 1.80 bits per heavy atom. The van der Waals surface area contributed by atoms with Crippen LogP contribution in [0, 0.1) is 5.82 Å². The molecule has 5 heteroatoms. The van der Waals surface area contributed by atoms with Crippen LogP contribution in [-0.4, -0.2) is 11.7 Å². The van der Waals surface area contributed by atoms with Gasteiger partial charge in [0.15, 0.2) is 0 Å². The predicted octanol–water partition coefficient (Wildman–Crippen LogP) is 3.91. The van der Waals surface area contributed by atoms with E-state index in [-0.39, 0.29) is 6.54 Å². The van der Waals surface area contributed by atoms with E-state index in [0.717, 1.165) is 0 Å². The van der Waals surface area contributed by atoms with E-state index < -0.39 is 17.8 Å². The van der Waals surface area contributed by atoms with Gasteiger partial charge in [0.05, 0.1) is 6.10 Å². The summed E-state index contributed by atoms with van der Waals surface area (Å²) in [5, 5.41) is 11.3. The maximum absolute atomic E-state index is 13.9. The van der Waals surface area contributed by atoms with E-state index in [1.165, 1.54) is 6.07 Å². The number of halogens is 3. The first-order valence-corrected chi connectivity index (χ1v) is 6.87. The smallest absolute Gasteiger partial charge is 0.126 e. The Kier molecular flexibility index (Phi) is 5.00. The summed E-state index contributed by atoms with van der Waals surface area (Å²) in [6.07, 6.45) is -1.02. The second kappa shape index (κ2) is 6.55. The van der Waals surface area contributed by atoms with Crippen LogP contribution in [0.1, 0.15) is 23.1 Å². The zero-order chi connectivity index (χ0) is 14.7. The summed E-state index contributed by atoms with van der Waals surface area (Å²) >= 11 is 12.0. The molecule has 0 heterocycles. The molecule has 0 aliphatic carbocycles. The SMILES string of the molecule is NCC(c1ccccc1F)C(O)c1cc(Cl)ccc1Cl. The number of aliphatic hydroxyl groups is 1. The van der Waals surface area contributed by atoms with Crippen LogP contribution >= 0.6 is 23.2 Å². The molecule has 0 spiro atoms. The Hall–Kier alpha value is -1.13. The van der Waals surface area contributed by atoms with Gasteiger partial charge in [-0.05, 0) is 29.8 Å². The second-order valence-electron chi connectivity index (χ2n) is 4.47. The maximum Gasteiger partial charge on any atom is 0.126 e. The summed E-state index contributed by atoms with van der Waals surface area (Å²) in [4.78, 5) is 0. The molecule has 0 radical (unpaired) electrons. The lowest BCUT2D eigenvalue weighted by atomic mass is 9.89. The monoisotopic (exact) mass is 313 g/mol. The fraction of sp³-hybridized carbons (Fsp3) is 0.200. The highest BCUT2D eigenvalue weighted by Crippen LogP contribution is 2.36. The van der Waals surface area contributed by atoms with Crippen LogP contribution in [0.2, 0.25) is 10.0 Å². The molecule has 20 heavy (non-hydrogen) atoms. The molecular weight excluding hydrogens is 300 g/mol. The molecule has 0 fully saturated rings. The molecule has 0 aliphatic heterocycles. The minimum absolute atomic E-state index is 0.0882. The van der Waals surface area contributed by atoms with Crippen molar-refractivity contribution in [1.29, 1.82) is 0 Å². The van der Waals surface area contributed by atoms with E-state index >= 15 is 0 Å². The molecule has 2 aromatic rings. The third kappa shape index (κ3) is 3.13. The van der Waals surface area contributed by atoms with Crippen LogP contribution in [0.25, 0.3) is 0 Å². The van der Waals surface area contributed by atoms with Crippen molar-refractivity contribution in [2.45, 2.75) is 12.0 Å². The lowest BCUT2D eigenvalue weighted by Gasteiger charge is -2.23. The van der Waals surface area contributed by atoms with Crippen molar-refractivity contribution in [3.05, 3.63) is 69.5 Å². The Morgan fingerprint density at radius 1 is 1.10 bits per heavy atom. The zero-order valence-electron chi connectivity index (χ0n) is 10.6. The molecule has 2 atom stereocenters. The van der Waals surface area contributed by atoms with Gasteiger partial charge < -0.3 is 10.8 Å². The van der Waals surface area contributed by atoms with Gasteiger partial charge in [-0.1, -0.05) is 41.4 Å². The van der Waals surface area contributed by atoms with E-state index in [4.69, 9.17) is 28.9 Å². The summed E-state index contributed by atoms with van der Waals surface area (Å²) in [5.41, 5.74) is 6.50. The van der Waals surface area contributed by atoms with Crippen LogP contribution in [0.15, 0.2) is 42.5 Å². The van der Waals surface area contributed by atoms with Gasteiger partial charge in [-0.3, -0.25) is 0 Å². The third-order valence-corrected chi connectivity index (χ3v) is 3.80. The summed E-state index contributed by atoms with van der Waals surface area (Å²) in [7, 11) is 0. The van der Waals surface area contributed by atoms with Gasteiger partial charge >= 0.3 is 0 Å². The molecule has 2 aromatic carbocycles. The largest absolute Gasteiger partial charge is 0.388 e. The van der Waals surface area contributed by atoms with Crippen molar-refractivity contribution < 1.29 is 9.50 Å². The molecule has 0 bridgehead atoms. The molecular formula is C15H14Cl2FNO. The number of nitrogens with two attached hydrogens (primary N) is 1. The van der Waals surface area contributed by atoms with Gasteiger partial charge in [0, 0.05) is 28.1 Å². The van der Waals surface area contributed by atoms with E-state index in [1.807, 2.05) is 0 Å². The van der Waals surface area contributed by atoms with E-state index in [1.54, 1.807) is 36.4 Å². The topological polar surface area (TPSA) is 46.2 Å². The molecule has 2 rings (SSSR count). The van der Waals surface area contributed by atoms with Crippen molar-refractivity contribution in [1.82, 2.24) is 0 Å². The van der Waals surface area contributed by atoms with Crippen molar-refractivity contribution in [2.24, 2.45) is 5.73 Å². The normalized spacial score (nSPS) is 14.1. The lowest BCUT2D eigenvalue weighted by Crippen LogP contribution is -2.21. The van der Waals surface area contributed by atoms with Crippen molar-refractivity contribution in [3.8, 4) is 0 Å². The highest BCUT2D eigenvalue weighted by atomic mass is 35.5. The molecule has 0 saturated carbocycles. The summed E-state index contributed by atoms with van der Waals surface area (Å²) < 4.78 is 13.9. The van der Waals surface area contributed by atoms with Crippen LogP contribution < -0.4 is 5.73 Å². The van der Waals surface area contributed by atoms with Gasteiger partial charge in [-0.2, -0.15) is 0 Å². The van der Waals surface area contributed by atoms with Crippen molar-refractivity contribution in [2.75, 3.05) is 6.54 Å². The first kappa shape index (κ1) is 15.3. The Balaban J connectivity index is 2.41. The Labute approximate surface area is 126 Å². The van der Waals surface area contributed by atoms with Gasteiger partial charge in [0.1, 0.15) is 5.82 Å². The van der Waals surface area contributed by atoms with Crippen LogP contribution in [0.5, 0.6) is 0 Å². The molecule has 2 nitrogen and oxygen atoms in total. The first-order chi connectivity index (χ1) is 9.54. The van der Waals surface area contributed by atoms with Crippen molar-refractivity contribution >= 4 is 23.2 Å². The molecule has 0 aliphatic rings. The van der Waals surface area contributed by atoms with Crippen molar-refractivity contribution in [3.63, 3.8) is 0 Å². The van der Waals surface area contributed by atoms with E-state index in [0.29, 0.717) is 21.2 Å². The highest BCUT2D eigenvalue weighted by molar-refractivity contribution is 6.33. The summed E-state index contributed by atoms with van der Waals surface area (Å²) in [6, 6.07) is 11.0. The average Bonchev–Trinajstić information content (AvgIpc) is 2.44. The molecule has 2 unspecified atom stereocenters. The minimum Gasteiger partial charge on any atom is -0.388 e. The minimum atomic E-state index is -1.02. The van der Waals surface area contributed by atoms with Gasteiger partial charge in [-0.25, -0.2) is 4.39 Å². The van der Waals surface area contributed by atoms with Gasteiger partial charge in [0.2, 0.25) is 0 Å². The second-order valence-corrected chi connectivity index (χ2v) is 5.32. The van der Waals surface area contributed by atoms with Crippen LogP contribution in [-0.2, 0) is 0 Å². The Bertz CT molecular complexity index is 606. The molecule has 106 valence electrons. The lowest BCUT2D eigenvalue weighted by molar-refractivity contribution is 0.146. The Morgan fingerprint density at radius 3 is 2.45 bits per heavy atom. The van der Waals surface area contributed by atoms with E-state index in [9.17, 15) is 9.50 Å². The number of benzene rings is 2. The van der Waals surface area contributed by atoms with E-state index in [2.05, 4.69) is 0 Å². The van der Waals surface area contributed by atoms with Gasteiger partial charge in [0.25, 0.3) is 0 Å². The zero-order valence-corrected chi connectivity index (χ0v) is 12.1. The number of rotatable bonds is 4. The molecule has 0 amide bonds. The number of hydrogen-bond acceptors (Lipinski definition) is 2.